The van der Waals surface area contributed by atoms with Gasteiger partial charge in [0.1, 0.15) is 22.8 Å². The smallest absolute Gasteiger partial charge is 0.255 e. The van der Waals surface area contributed by atoms with E-state index in [1.54, 1.807) is 26.0 Å². The lowest BCUT2D eigenvalue weighted by Gasteiger charge is -2.53. The van der Waals surface area contributed by atoms with Crippen LogP contribution in [0.3, 0.4) is 0 Å². The molecule has 4 rings (SSSR count). The standard InChI is InChI=1S/C23H26N2O8/c1-7-5-6-9-8(2)10-12(17(27)11(9)16(7)26)20(30)23(33)14(18(10)28)15(25(3)4)19(29)13(21(23)31)22(24)32/h5-6,8,10,14-15,18,26-28,31,33H,1-4H3,(H2,24,32). The normalized spacial score (nSPS) is 33.7. The van der Waals surface area contributed by atoms with Gasteiger partial charge in [-0.3, -0.25) is 19.3 Å². The minimum absolute atomic E-state index is 0.00834. The molecule has 0 heterocycles. The molecule has 6 unspecified atom stereocenters. The maximum Gasteiger partial charge on any atom is 0.255 e. The number of nitrogens with zero attached hydrogens (tertiary/aromatic N) is 1. The first-order chi connectivity index (χ1) is 15.3. The molecule has 1 amide bonds. The third kappa shape index (κ3) is 2.68. The third-order valence-electron chi connectivity index (χ3n) is 7.33. The molecule has 3 aliphatic rings. The molecule has 0 bridgehead atoms. The van der Waals surface area contributed by atoms with Gasteiger partial charge in [-0.25, -0.2) is 0 Å². The van der Waals surface area contributed by atoms with E-state index < -0.39 is 75.6 Å². The molecular formula is C23H26N2O8. The van der Waals surface area contributed by atoms with Crippen LogP contribution < -0.4 is 5.73 Å². The largest absolute Gasteiger partial charge is 0.508 e. The number of phenols is 1. The van der Waals surface area contributed by atoms with Crippen LogP contribution in [-0.4, -0.2) is 79.7 Å². The summed E-state index contributed by atoms with van der Waals surface area (Å²) in [4.78, 5) is 40.1. The van der Waals surface area contributed by atoms with Crippen molar-refractivity contribution in [2.24, 2.45) is 17.6 Å². The maximum atomic E-state index is 13.7. The minimum atomic E-state index is -2.90. The third-order valence-corrected chi connectivity index (χ3v) is 7.33. The summed E-state index contributed by atoms with van der Waals surface area (Å²) in [6, 6.07) is 1.94. The molecule has 1 saturated carbocycles. The number of carbonyl (C=O) groups excluding carboxylic acids is 3. The van der Waals surface area contributed by atoms with Gasteiger partial charge in [-0.15, -0.1) is 0 Å². The van der Waals surface area contributed by atoms with Crippen molar-refractivity contribution in [2.75, 3.05) is 14.1 Å². The number of fused-ring (bicyclic) bond motifs is 3. The second-order valence-electron chi connectivity index (χ2n) is 9.24. The summed E-state index contributed by atoms with van der Waals surface area (Å²) < 4.78 is 0. The van der Waals surface area contributed by atoms with E-state index in [1.807, 2.05) is 0 Å². The van der Waals surface area contributed by atoms with Gasteiger partial charge in [-0.1, -0.05) is 19.1 Å². The van der Waals surface area contributed by atoms with Gasteiger partial charge in [0.15, 0.2) is 11.4 Å². The summed E-state index contributed by atoms with van der Waals surface area (Å²) in [5.41, 5.74) is 1.94. The van der Waals surface area contributed by atoms with Crippen LogP contribution in [0.1, 0.15) is 29.5 Å². The van der Waals surface area contributed by atoms with Crippen LogP contribution in [0, 0.1) is 18.8 Å². The number of aryl methyl sites for hydroxylation is 1. The Morgan fingerprint density at radius 2 is 1.76 bits per heavy atom. The fourth-order valence-corrected chi connectivity index (χ4v) is 5.72. The molecule has 33 heavy (non-hydrogen) atoms. The Hall–Kier alpha value is -3.21. The summed E-state index contributed by atoms with van der Waals surface area (Å²) in [6.07, 6.45) is -1.59. The first-order valence-electron chi connectivity index (χ1n) is 10.4. The van der Waals surface area contributed by atoms with Crippen LogP contribution in [0.25, 0.3) is 5.76 Å². The van der Waals surface area contributed by atoms with E-state index in [1.165, 1.54) is 19.0 Å². The molecule has 0 aliphatic heterocycles. The Morgan fingerprint density at radius 1 is 1.15 bits per heavy atom. The molecule has 176 valence electrons. The SMILES string of the molecule is Cc1ccc2c(c1O)C(O)=C1C(=O)C3(O)C(O)=C(C(N)=O)C(=O)C(N(C)C)C3C(O)C1C2C. The number of Topliss-reactive ketones (excluding diaryl/α,β-unsaturated/α-hetero) is 2. The van der Waals surface area contributed by atoms with Gasteiger partial charge in [-0.05, 0) is 38.1 Å². The Bertz CT molecular complexity index is 1180. The molecule has 0 radical (unpaired) electrons. The highest BCUT2D eigenvalue weighted by Gasteiger charge is 2.68. The maximum absolute atomic E-state index is 13.7. The average Bonchev–Trinajstić information content (AvgIpc) is 2.72. The number of carbonyl (C=O) groups is 3. The fraction of sp³-hybridized carbons (Fsp3) is 0.435. The summed E-state index contributed by atoms with van der Waals surface area (Å²) in [7, 11) is 2.93. The molecule has 3 aliphatic carbocycles. The molecule has 0 spiro atoms. The molecule has 6 atom stereocenters. The molecule has 10 nitrogen and oxygen atoms in total. The van der Waals surface area contributed by atoms with E-state index in [-0.39, 0.29) is 11.3 Å². The highest BCUT2D eigenvalue weighted by Crippen LogP contribution is 2.56. The number of aromatic hydroxyl groups is 1. The molecule has 1 aromatic carbocycles. The molecule has 0 aromatic heterocycles. The van der Waals surface area contributed by atoms with Gasteiger partial charge < -0.3 is 31.3 Å². The van der Waals surface area contributed by atoms with Crippen molar-refractivity contribution in [3.8, 4) is 5.75 Å². The Labute approximate surface area is 189 Å². The number of aliphatic hydroxyl groups is 4. The number of hydrogen-bond acceptors (Lipinski definition) is 9. The number of nitrogens with two attached hydrogens (primary N) is 1. The number of benzene rings is 1. The van der Waals surface area contributed by atoms with E-state index in [4.69, 9.17) is 5.73 Å². The van der Waals surface area contributed by atoms with E-state index >= 15 is 0 Å². The van der Waals surface area contributed by atoms with Gasteiger partial charge >= 0.3 is 0 Å². The Morgan fingerprint density at radius 3 is 2.30 bits per heavy atom. The van der Waals surface area contributed by atoms with Crippen molar-refractivity contribution >= 4 is 23.2 Å². The van der Waals surface area contributed by atoms with Crippen LogP contribution in [-0.2, 0) is 14.4 Å². The number of phenolic OH excluding ortho intramolecular Hbond substituents is 1. The van der Waals surface area contributed by atoms with Crippen molar-refractivity contribution in [2.45, 2.75) is 37.5 Å². The summed E-state index contributed by atoms with van der Waals surface area (Å²) in [6.45, 7) is 3.29. The van der Waals surface area contributed by atoms with Gasteiger partial charge in [0.05, 0.1) is 23.6 Å². The summed E-state index contributed by atoms with van der Waals surface area (Å²) in [5.74, 6) is -8.82. The van der Waals surface area contributed by atoms with E-state index in [0.717, 1.165) is 0 Å². The van der Waals surface area contributed by atoms with E-state index in [9.17, 15) is 39.9 Å². The lowest BCUT2D eigenvalue weighted by Crippen LogP contribution is -2.70. The number of primary amides is 1. The van der Waals surface area contributed by atoms with Crippen LogP contribution in [0.15, 0.2) is 29.0 Å². The number of amides is 1. The fourth-order valence-electron chi connectivity index (χ4n) is 5.72. The second-order valence-corrected chi connectivity index (χ2v) is 9.24. The highest BCUT2D eigenvalue weighted by molar-refractivity contribution is 6.24. The summed E-state index contributed by atoms with van der Waals surface area (Å²) in [5, 5.41) is 55.5. The second kappa shape index (κ2) is 7.14. The van der Waals surface area contributed by atoms with Crippen LogP contribution in [0.5, 0.6) is 5.75 Å². The van der Waals surface area contributed by atoms with Gasteiger partial charge in [-0.2, -0.15) is 0 Å². The first kappa shape index (κ1) is 23.0. The number of rotatable bonds is 2. The first-order valence-corrected chi connectivity index (χ1v) is 10.4. The zero-order valence-electron chi connectivity index (χ0n) is 18.5. The zero-order chi connectivity index (χ0) is 24.7. The number of aliphatic hydroxyl groups excluding tert-OH is 3. The van der Waals surface area contributed by atoms with Crippen LogP contribution >= 0.6 is 0 Å². The molecular weight excluding hydrogens is 432 g/mol. The monoisotopic (exact) mass is 458 g/mol. The molecule has 10 heteroatoms. The van der Waals surface area contributed by atoms with Crippen LogP contribution in [0.4, 0.5) is 0 Å². The average molecular weight is 458 g/mol. The lowest BCUT2D eigenvalue weighted by atomic mass is 9.54. The lowest BCUT2D eigenvalue weighted by molar-refractivity contribution is -0.169. The topological polar surface area (TPSA) is 182 Å². The van der Waals surface area contributed by atoms with E-state index in [2.05, 4.69) is 0 Å². The van der Waals surface area contributed by atoms with Crippen molar-refractivity contribution in [3.05, 3.63) is 45.7 Å². The van der Waals surface area contributed by atoms with Crippen LogP contribution in [0.2, 0.25) is 0 Å². The predicted molar refractivity (Wildman–Crippen MR) is 115 cm³/mol. The number of hydrogen-bond donors (Lipinski definition) is 6. The number of ketones is 2. The molecule has 1 fully saturated rings. The summed E-state index contributed by atoms with van der Waals surface area (Å²) >= 11 is 0. The predicted octanol–water partition coefficient (Wildman–Crippen LogP) is -0.196. The molecule has 7 N–H and O–H groups in total. The molecule has 0 saturated heterocycles. The minimum Gasteiger partial charge on any atom is -0.508 e. The van der Waals surface area contributed by atoms with Crippen molar-refractivity contribution < 1.29 is 39.9 Å². The van der Waals surface area contributed by atoms with Gasteiger partial charge in [0.25, 0.3) is 5.91 Å². The van der Waals surface area contributed by atoms with Crippen molar-refractivity contribution in [3.63, 3.8) is 0 Å². The van der Waals surface area contributed by atoms with Gasteiger partial charge in [0, 0.05) is 11.5 Å². The molecule has 1 aromatic rings. The number of likely N-dealkylation sites (N-methyl/N-ethyl adjacent to an activating group) is 1. The van der Waals surface area contributed by atoms with E-state index in [0.29, 0.717) is 11.1 Å². The highest BCUT2D eigenvalue weighted by atomic mass is 16.4. The zero-order valence-corrected chi connectivity index (χ0v) is 18.5. The Kier molecular flexibility index (Phi) is 4.97. The quantitative estimate of drug-likeness (QED) is 0.327. The van der Waals surface area contributed by atoms with Crippen molar-refractivity contribution in [1.82, 2.24) is 4.90 Å². The Balaban J connectivity index is 2.07. The van der Waals surface area contributed by atoms with Crippen molar-refractivity contribution in [1.29, 1.82) is 0 Å². The van der Waals surface area contributed by atoms with Gasteiger partial charge in [0.2, 0.25) is 5.78 Å².